The van der Waals surface area contributed by atoms with Crippen LogP contribution in [0.1, 0.15) is 57.8 Å². The number of carbonyl (C=O) groups is 7. The van der Waals surface area contributed by atoms with Crippen molar-refractivity contribution < 1.29 is 52.9 Å². The number of rotatable bonds is 30. The molecule has 2 atom stereocenters. The fraction of sp³-hybridized carbons (Fsp3) is 0.710. The summed E-state index contributed by atoms with van der Waals surface area (Å²) < 4.78 is 15.9. The smallest absolute Gasteiger partial charge is 0.253 e. The summed E-state index contributed by atoms with van der Waals surface area (Å²) in [6, 6.07) is -1.86. The van der Waals surface area contributed by atoms with E-state index < -0.39 is 41.6 Å². The number of carbonyl (C=O) groups excluding carboxylic acids is 7. The Kier molecular flexibility index (Phi) is 23.7. The minimum Gasteiger partial charge on any atom is -0.394 e. The molecule has 0 saturated heterocycles. The number of nitrogens with one attached hydrogen (secondary N) is 4. The molecule has 9 N–H and O–H groups in total. The monoisotopic (exact) mass is 699 g/mol. The zero-order chi connectivity index (χ0) is 36.3. The van der Waals surface area contributed by atoms with Gasteiger partial charge in [-0.15, -0.1) is 0 Å². The minimum atomic E-state index is -0.946. The number of unbranched alkanes of at least 4 members (excludes halogenated alkanes) is 2. The molecule has 0 aromatic heterocycles. The molecule has 0 radical (unpaired) electrons. The molecule has 0 spiro atoms. The highest BCUT2D eigenvalue weighted by Gasteiger charge is 2.26. The van der Waals surface area contributed by atoms with E-state index in [4.69, 9.17) is 30.8 Å². The van der Waals surface area contributed by atoms with Crippen LogP contribution in [0.15, 0.2) is 12.2 Å². The van der Waals surface area contributed by atoms with E-state index in [1.807, 2.05) is 0 Å². The van der Waals surface area contributed by atoms with Gasteiger partial charge >= 0.3 is 0 Å². The van der Waals surface area contributed by atoms with Crippen molar-refractivity contribution in [3.63, 3.8) is 0 Å². The second kappa shape index (κ2) is 26.9. The van der Waals surface area contributed by atoms with Crippen molar-refractivity contribution in [1.29, 1.82) is 0 Å². The fourth-order valence-corrected chi connectivity index (χ4v) is 4.41. The third-order valence-electron chi connectivity index (χ3n) is 7.09. The lowest BCUT2D eigenvalue weighted by atomic mass is 10.1. The number of hydrogen-bond donors (Lipinski definition) is 7. The predicted octanol–water partition coefficient (Wildman–Crippen LogP) is -2.89. The molecule has 278 valence electrons. The number of amides is 7. The van der Waals surface area contributed by atoms with Crippen LogP contribution in [-0.4, -0.2) is 136 Å². The van der Waals surface area contributed by atoms with Gasteiger partial charge in [-0.2, -0.15) is 0 Å². The quantitative estimate of drug-likeness (QED) is 0.0294. The second-order valence-corrected chi connectivity index (χ2v) is 11.0. The first-order valence-corrected chi connectivity index (χ1v) is 16.6. The van der Waals surface area contributed by atoms with Crippen LogP contribution in [0, 0.1) is 0 Å². The summed E-state index contributed by atoms with van der Waals surface area (Å²) >= 11 is 0. The SMILES string of the molecule is NCCCCC(NC(=O)C(CCCCNC(=O)CCOCCO)NC(=O)CCOCCOCCNC(=O)CCN1C(=O)C=CC1=O)C(N)=O. The van der Waals surface area contributed by atoms with Gasteiger partial charge in [-0.1, -0.05) is 0 Å². The van der Waals surface area contributed by atoms with Crippen LogP contribution in [0.5, 0.6) is 0 Å². The summed E-state index contributed by atoms with van der Waals surface area (Å²) in [7, 11) is 0. The van der Waals surface area contributed by atoms with Gasteiger partial charge in [0.1, 0.15) is 12.1 Å². The van der Waals surface area contributed by atoms with Gasteiger partial charge in [0.05, 0.1) is 46.2 Å². The van der Waals surface area contributed by atoms with E-state index in [1.54, 1.807) is 0 Å². The molecule has 2 unspecified atom stereocenters. The number of ether oxygens (including phenoxy) is 3. The van der Waals surface area contributed by atoms with Crippen molar-refractivity contribution in [2.24, 2.45) is 11.5 Å². The van der Waals surface area contributed by atoms with Gasteiger partial charge in [0.25, 0.3) is 11.8 Å². The van der Waals surface area contributed by atoms with E-state index in [1.165, 1.54) is 0 Å². The topological polar surface area (TPSA) is 271 Å². The van der Waals surface area contributed by atoms with Crippen LogP contribution in [0.25, 0.3) is 0 Å². The molecule has 18 heteroatoms. The van der Waals surface area contributed by atoms with E-state index in [2.05, 4.69) is 21.3 Å². The normalized spacial score (nSPS) is 13.6. The molecule has 0 bridgehead atoms. The van der Waals surface area contributed by atoms with Gasteiger partial charge < -0.3 is 52.1 Å². The van der Waals surface area contributed by atoms with E-state index in [-0.39, 0.29) is 96.8 Å². The van der Waals surface area contributed by atoms with Crippen molar-refractivity contribution in [3.05, 3.63) is 12.2 Å². The van der Waals surface area contributed by atoms with Crippen LogP contribution in [0.4, 0.5) is 0 Å². The average Bonchev–Trinajstić information content (AvgIpc) is 3.39. The van der Waals surface area contributed by atoms with Crippen LogP contribution >= 0.6 is 0 Å². The first-order valence-electron chi connectivity index (χ1n) is 16.6. The van der Waals surface area contributed by atoms with Crippen molar-refractivity contribution >= 4 is 41.4 Å². The van der Waals surface area contributed by atoms with Crippen LogP contribution in [0.3, 0.4) is 0 Å². The Bertz CT molecular complexity index is 1070. The summed E-state index contributed by atoms with van der Waals surface area (Å²) in [5, 5.41) is 19.4. The first-order chi connectivity index (χ1) is 23.6. The summed E-state index contributed by atoms with van der Waals surface area (Å²) in [5.41, 5.74) is 11.0. The number of nitrogens with two attached hydrogens (primary N) is 2. The lowest BCUT2D eigenvalue weighted by Crippen LogP contribution is -2.53. The van der Waals surface area contributed by atoms with Crippen LogP contribution < -0.4 is 32.7 Å². The molecule has 1 rings (SSSR count). The standard InChI is InChI=1S/C31H53N7O11/c32-12-3-1-5-23(30(33)45)37-31(46)24(6-2-4-13-34-26(41)10-17-47-20-16-39)36-27(42)11-18-48-21-22-49-19-14-35-25(40)9-15-38-28(43)7-8-29(38)44/h7-8,23-24,39H,1-6,9-22,32H2,(H2,33,45)(H,34,41)(H,35,40)(H,36,42)(H,37,46). The fourth-order valence-electron chi connectivity index (χ4n) is 4.41. The third-order valence-corrected chi connectivity index (χ3v) is 7.09. The Hall–Kier alpha value is -3.97. The number of imide groups is 1. The zero-order valence-corrected chi connectivity index (χ0v) is 28.1. The molecule has 1 aliphatic rings. The van der Waals surface area contributed by atoms with E-state index in [0.29, 0.717) is 45.2 Å². The Balaban J connectivity index is 2.36. The highest BCUT2D eigenvalue weighted by molar-refractivity contribution is 6.13. The number of primary amides is 1. The second-order valence-electron chi connectivity index (χ2n) is 11.0. The third kappa shape index (κ3) is 20.9. The van der Waals surface area contributed by atoms with E-state index in [0.717, 1.165) is 17.1 Å². The van der Waals surface area contributed by atoms with Gasteiger partial charge in [-0.3, -0.25) is 38.5 Å². The molecule has 49 heavy (non-hydrogen) atoms. The number of aliphatic hydroxyl groups excluding tert-OH is 1. The molecule has 0 saturated carbocycles. The van der Waals surface area contributed by atoms with Gasteiger partial charge in [0.15, 0.2) is 0 Å². The van der Waals surface area contributed by atoms with Crippen molar-refractivity contribution in [2.75, 3.05) is 72.4 Å². The van der Waals surface area contributed by atoms with Crippen molar-refractivity contribution in [1.82, 2.24) is 26.2 Å². The van der Waals surface area contributed by atoms with Gasteiger partial charge in [0.2, 0.25) is 29.5 Å². The Labute approximate surface area is 286 Å². The molecule has 0 aliphatic carbocycles. The molecule has 1 heterocycles. The number of nitrogens with zero attached hydrogens (tertiary/aromatic N) is 1. The van der Waals surface area contributed by atoms with Gasteiger partial charge in [-0.25, -0.2) is 0 Å². The molecule has 0 aromatic carbocycles. The summed E-state index contributed by atoms with van der Waals surface area (Å²) in [5.74, 6) is -3.10. The minimum absolute atomic E-state index is 0.00273. The maximum atomic E-state index is 13.1. The molecule has 18 nitrogen and oxygen atoms in total. The molecular weight excluding hydrogens is 646 g/mol. The lowest BCUT2D eigenvalue weighted by Gasteiger charge is -2.22. The first kappa shape index (κ1) is 43.1. The molecule has 0 aromatic rings. The highest BCUT2D eigenvalue weighted by atomic mass is 16.5. The zero-order valence-electron chi connectivity index (χ0n) is 28.1. The molecule has 0 fully saturated rings. The Morgan fingerprint density at radius 3 is 1.92 bits per heavy atom. The maximum Gasteiger partial charge on any atom is 0.253 e. The van der Waals surface area contributed by atoms with Crippen molar-refractivity contribution in [2.45, 2.75) is 69.9 Å². The highest BCUT2D eigenvalue weighted by Crippen LogP contribution is 2.06. The van der Waals surface area contributed by atoms with Gasteiger partial charge in [-0.05, 0) is 45.1 Å². The summed E-state index contributed by atoms with van der Waals surface area (Å²) in [4.78, 5) is 85.4. The maximum absolute atomic E-state index is 13.1. The van der Waals surface area contributed by atoms with E-state index >= 15 is 0 Å². The average molecular weight is 700 g/mol. The number of aliphatic hydroxyl groups is 1. The van der Waals surface area contributed by atoms with Crippen molar-refractivity contribution in [3.8, 4) is 0 Å². The molecular formula is C31H53N7O11. The molecule has 1 aliphatic heterocycles. The molecule has 7 amide bonds. The summed E-state index contributed by atoms with van der Waals surface area (Å²) in [6.45, 7) is 1.89. The van der Waals surface area contributed by atoms with Crippen LogP contribution in [0.2, 0.25) is 0 Å². The predicted molar refractivity (Wildman–Crippen MR) is 175 cm³/mol. The summed E-state index contributed by atoms with van der Waals surface area (Å²) in [6.07, 6.45) is 5.23. The number of hydrogen-bond acceptors (Lipinski definition) is 12. The Morgan fingerprint density at radius 1 is 0.694 bits per heavy atom. The van der Waals surface area contributed by atoms with E-state index in [9.17, 15) is 33.6 Å². The largest absolute Gasteiger partial charge is 0.394 e. The lowest BCUT2D eigenvalue weighted by molar-refractivity contribution is -0.137. The van der Waals surface area contributed by atoms with Crippen LogP contribution in [-0.2, 0) is 47.8 Å². The van der Waals surface area contributed by atoms with Gasteiger partial charge in [0, 0.05) is 51.0 Å². The Morgan fingerprint density at radius 2 is 1.27 bits per heavy atom.